The van der Waals surface area contributed by atoms with E-state index in [1.807, 2.05) is 18.2 Å². The number of aliphatic hydroxyl groups is 2. The fourth-order valence-electron chi connectivity index (χ4n) is 5.03. The molecule has 2 heterocycles. The number of para-hydroxylation sites is 1. The van der Waals surface area contributed by atoms with Gasteiger partial charge in [-0.05, 0) is 56.6 Å². The van der Waals surface area contributed by atoms with Crippen LogP contribution >= 0.6 is 0 Å². The van der Waals surface area contributed by atoms with Crippen molar-refractivity contribution in [2.24, 2.45) is 5.92 Å². The smallest absolute Gasteiger partial charge is 0.134 e. The Kier molecular flexibility index (Phi) is 3.31. The first-order valence-corrected chi connectivity index (χ1v) is 9.26. The molecule has 3 fully saturated rings. The van der Waals surface area contributed by atoms with Crippen molar-refractivity contribution >= 4 is 11.0 Å². The van der Waals surface area contributed by atoms with E-state index in [9.17, 15) is 10.2 Å². The second kappa shape index (κ2) is 5.32. The molecule has 2 aromatic rings. The summed E-state index contributed by atoms with van der Waals surface area (Å²) in [5.74, 6) is 1.57. The number of likely N-dealkylation sites (tertiary alicyclic amines) is 1. The molecule has 1 aliphatic heterocycles. The minimum Gasteiger partial charge on any atom is -0.460 e. The molecule has 0 unspecified atom stereocenters. The van der Waals surface area contributed by atoms with Crippen LogP contribution in [0.2, 0.25) is 0 Å². The number of benzene rings is 1. The van der Waals surface area contributed by atoms with Crippen molar-refractivity contribution in [3.63, 3.8) is 0 Å². The lowest BCUT2D eigenvalue weighted by Gasteiger charge is -2.36. The standard InChI is InChI=1S/C20H25NO3/c22-15-6-5-13-10-19(20(23)7-8-20)21(17(13)11-15)12-16-9-14-3-1-2-4-18(14)24-16/h1-4,9,13,15,17,19,22-23H,5-8,10-12H2/t13-,15-,17-,19+/m1/s1. The van der Waals surface area contributed by atoms with Crippen LogP contribution in [0.5, 0.6) is 0 Å². The van der Waals surface area contributed by atoms with Crippen LogP contribution in [0.4, 0.5) is 0 Å². The molecule has 128 valence electrons. The summed E-state index contributed by atoms with van der Waals surface area (Å²) >= 11 is 0. The Hall–Kier alpha value is -1.36. The summed E-state index contributed by atoms with van der Waals surface area (Å²) in [7, 11) is 0. The molecule has 2 saturated carbocycles. The lowest BCUT2D eigenvalue weighted by molar-refractivity contribution is 0.00822. The Bertz CT molecular complexity index is 717. The van der Waals surface area contributed by atoms with E-state index in [2.05, 4.69) is 17.0 Å². The van der Waals surface area contributed by atoms with Crippen LogP contribution in [0.3, 0.4) is 0 Å². The highest BCUT2D eigenvalue weighted by atomic mass is 16.3. The lowest BCUT2D eigenvalue weighted by atomic mass is 9.83. The van der Waals surface area contributed by atoms with Gasteiger partial charge in [0.15, 0.2) is 0 Å². The molecule has 5 rings (SSSR count). The number of fused-ring (bicyclic) bond motifs is 2. The third kappa shape index (κ3) is 2.40. The normalized spacial score (nSPS) is 35.2. The maximum absolute atomic E-state index is 10.8. The topological polar surface area (TPSA) is 56.8 Å². The minimum absolute atomic E-state index is 0.197. The summed E-state index contributed by atoms with van der Waals surface area (Å²) in [5.41, 5.74) is 0.419. The highest BCUT2D eigenvalue weighted by molar-refractivity contribution is 5.77. The molecule has 1 aromatic heterocycles. The highest BCUT2D eigenvalue weighted by Crippen LogP contribution is 2.51. The van der Waals surface area contributed by atoms with Crippen molar-refractivity contribution in [3.8, 4) is 0 Å². The molecule has 1 aromatic carbocycles. The highest BCUT2D eigenvalue weighted by Gasteiger charge is 2.57. The lowest BCUT2D eigenvalue weighted by Crippen LogP contribution is -2.46. The van der Waals surface area contributed by atoms with E-state index in [1.54, 1.807) is 0 Å². The Morgan fingerprint density at radius 1 is 1.17 bits per heavy atom. The van der Waals surface area contributed by atoms with E-state index in [4.69, 9.17) is 4.42 Å². The van der Waals surface area contributed by atoms with Crippen molar-refractivity contribution in [1.82, 2.24) is 4.90 Å². The van der Waals surface area contributed by atoms with Gasteiger partial charge < -0.3 is 14.6 Å². The molecule has 0 bridgehead atoms. The second-order valence-electron chi connectivity index (χ2n) is 8.07. The summed E-state index contributed by atoms with van der Waals surface area (Å²) in [4.78, 5) is 2.44. The molecule has 2 aliphatic carbocycles. The first-order chi connectivity index (χ1) is 11.6. The average molecular weight is 327 g/mol. The molecular weight excluding hydrogens is 302 g/mol. The molecule has 4 nitrogen and oxygen atoms in total. The van der Waals surface area contributed by atoms with Gasteiger partial charge in [0.05, 0.1) is 18.2 Å². The monoisotopic (exact) mass is 327 g/mol. The van der Waals surface area contributed by atoms with Gasteiger partial charge in [0, 0.05) is 17.5 Å². The molecule has 0 amide bonds. The van der Waals surface area contributed by atoms with Crippen molar-refractivity contribution in [2.45, 2.75) is 68.9 Å². The van der Waals surface area contributed by atoms with E-state index in [0.29, 0.717) is 12.0 Å². The number of hydrogen-bond donors (Lipinski definition) is 2. The fraction of sp³-hybridized carbons (Fsp3) is 0.600. The van der Waals surface area contributed by atoms with E-state index >= 15 is 0 Å². The van der Waals surface area contributed by atoms with Gasteiger partial charge in [0.25, 0.3) is 0 Å². The Morgan fingerprint density at radius 3 is 2.79 bits per heavy atom. The fourth-order valence-corrected chi connectivity index (χ4v) is 5.03. The average Bonchev–Trinajstić information content (AvgIpc) is 3.05. The van der Waals surface area contributed by atoms with Gasteiger partial charge >= 0.3 is 0 Å². The third-order valence-corrected chi connectivity index (χ3v) is 6.48. The van der Waals surface area contributed by atoms with Crippen LogP contribution in [-0.4, -0.2) is 38.9 Å². The molecule has 0 spiro atoms. The van der Waals surface area contributed by atoms with Crippen LogP contribution in [-0.2, 0) is 6.54 Å². The summed E-state index contributed by atoms with van der Waals surface area (Å²) in [6.07, 6.45) is 5.51. The van der Waals surface area contributed by atoms with Crippen LogP contribution in [0.1, 0.15) is 44.3 Å². The molecule has 4 heteroatoms. The number of furan rings is 1. The number of rotatable bonds is 3. The van der Waals surface area contributed by atoms with E-state index in [1.165, 1.54) is 0 Å². The van der Waals surface area contributed by atoms with Gasteiger partial charge in [-0.1, -0.05) is 18.2 Å². The van der Waals surface area contributed by atoms with Crippen LogP contribution < -0.4 is 0 Å². The zero-order valence-corrected chi connectivity index (χ0v) is 13.9. The molecule has 4 atom stereocenters. The number of aliphatic hydroxyl groups excluding tert-OH is 1. The third-order valence-electron chi connectivity index (χ3n) is 6.48. The maximum Gasteiger partial charge on any atom is 0.134 e. The van der Waals surface area contributed by atoms with Crippen LogP contribution in [0.25, 0.3) is 11.0 Å². The van der Waals surface area contributed by atoms with E-state index in [-0.39, 0.29) is 12.1 Å². The maximum atomic E-state index is 10.8. The van der Waals surface area contributed by atoms with E-state index in [0.717, 1.165) is 61.8 Å². The van der Waals surface area contributed by atoms with Gasteiger partial charge in [0.1, 0.15) is 11.3 Å². The Morgan fingerprint density at radius 2 is 2.00 bits per heavy atom. The number of nitrogens with zero attached hydrogens (tertiary/aromatic N) is 1. The summed E-state index contributed by atoms with van der Waals surface area (Å²) in [6.45, 7) is 0.732. The van der Waals surface area contributed by atoms with E-state index < -0.39 is 5.60 Å². The van der Waals surface area contributed by atoms with Gasteiger partial charge in [-0.15, -0.1) is 0 Å². The summed E-state index contributed by atoms with van der Waals surface area (Å²) in [5, 5.41) is 22.1. The van der Waals surface area contributed by atoms with Gasteiger partial charge in [-0.3, -0.25) is 4.90 Å². The Balaban J connectivity index is 1.45. The molecule has 1 saturated heterocycles. The first kappa shape index (κ1) is 14.9. The summed E-state index contributed by atoms with van der Waals surface area (Å²) < 4.78 is 6.03. The predicted octanol–water partition coefficient (Wildman–Crippen LogP) is 3.06. The van der Waals surface area contributed by atoms with Crippen molar-refractivity contribution in [1.29, 1.82) is 0 Å². The van der Waals surface area contributed by atoms with Gasteiger partial charge in [-0.2, -0.15) is 0 Å². The van der Waals surface area contributed by atoms with Gasteiger partial charge in [0.2, 0.25) is 0 Å². The zero-order valence-electron chi connectivity index (χ0n) is 13.9. The van der Waals surface area contributed by atoms with Crippen molar-refractivity contribution < 1.29 is 14.6 Å². The molecule has 3 aliphatic rings. The van der Waals surface area contributed by atoms with Crippen molar-refractivity contribution in [3.05, 3.63) is 36.1 Å². The minimum atomic E-state index is -0.506. The van der Waals surface area contributed by atoms with Crippen LogP contribution in [0.15, 0.2) is 34.7 Å². The molecule has 0 radical (unpaired) electrons. The predicted molar refractivity (Wildman–Crippen MR) is 91.5 cm³/mol. The van der Waals surface area contributed by atoms with Crippen molar-refractivity contribution in [2.75, 3.05) is 0 Å². The van der Waals surface area contributed by atoms with Gasteiger partial charge in [-0.25, -0.2) is 0 Å². The molecule has 24 heavy (non-hydrogen) atoms. The Labute approximate surface area is 142 Å². The second-order valence-corrected chi connectivity index (χ2v) is 8.07. The number of hydrogen-bond acceptors (Lipinski definition) is 4. The zero-order chi connectivity index (χ0) is 16.3. The molecule has 2 N–H and O–H groups in total. The van der Waals surface area contributed by atoms with Crippen LogP contribution in [0, 0.1) is 5.92 Å². The SMILES string of the molecule is O[C@@H]1CC[C@@H]2C[C@@H](C3(O)CC3)N(Cc3cc4ccccc4o3)[C@@H]2C1. The largest absolute Gasteiger partial charge is 0.460 e. The summed E-state index contributed by atoms with van der Waals surface area (Å²) in [6, 6.07) is 10.8. The molecular formula is C20H25NO3. The first-order valence-electron chi connectivity index (χ1n) is 9.26. The quantitative estimate of drug-likeness (QED) is 0.910.